The second-order valence-corrected chi connectivity index (χ2v) is 8.21. The SMILES string of the molecule is CCSC1CCCCC1NCC1N=C(c2ccc(OC(F)F)c(OC)c2)NO1. The summed E-state index contributed by atoms with van der Waals surface area (Å²) in [7, 11) is 1.40. The minimum atomic E-state index is -2.91. The third-order valence-corrected chi connectivity index (χ3v) is 6.18. The Morgan fingerprint density at radius 1 is 1.32 bits per heavy atom. The topological polar surface area (TPSA) is 64.1 Å². The highest BCUT2D eigenvalue weighted by Crippen LogP contribution is 2.30. The van der Waals surface area contributed by atoms with E-state index < -0.39 is 6.61 Å². The van der Waals surface area contributed by atoms with Crippen LogP contribution in [0.1, 0.15) is 38.2 Å². The van der Waals surface area contributed by atoms with Gasteiger partial charge in [0.2, 0.25) is 0 Å². The van der Waals surface area contributed by atoms with Crippen molar-refractivity contribution in [2.75, 3.05) is 19.4 Å². The number of ether oxygens (including phenoxy) is 2. The van der Waals surface area contributed by atoms with Crippen LogP contribution in [0.5, 0.6) is 11.5 Å². The zero-order valence-electron chi connectivity index (χ0n) is 16.1. The number of thioether (sulfide) groups is 1. The molecule has 1 fully saturated rings. The molecule has 2 aliphatic rings. The molecule has 1 aliphatic carbocycles. The van der Waals surface area contributed by atoms with E-state index in [1.54, 1.807) is 12.1 Å². The highest BCUT2D eigenvalue weighted by Gasteiger charge is 2.27. The van der Waals surface area contributed by atoms with Gasteiger partial charge in [-0.05, 0) is 36.8 Å². The number of hydrogen-bond acceptors (Lipinski definition) is 7. The molecule has 0 amide bonds. The van der Waals surface area contributed by atoms with E-state index in [0.717, 1.165) is 5.75 Å². The summed E-state index contributed by atoms with van der Waals surface area (Å²) in [5.74, 6) is 1.86. The normalized spacial score (nSPS) is 24.8. The average Bonchev–Trinajstić information content (AvgIpc) is 3.16. The molecule has 3 unspecified atom stereocenters. The first-order chi connectivity index (χ1) is 13.6. The van der Waals surface area contributed by atoms with Crippen LogP contribution in [0.4, 0.5) is 8.78 Å². The summed E-state index contributed by atoms with van der Waals surface area (Å²) in [6.45, 7) is -0.0935. The Balaban J connectivity index is 1.60. The summed E-state index contributed by atoms with van der Waals surface area (Å²) in [5, 5.41) is 4.24. The number of aliphatic imine (C=N–C) groups is 1. The Bertz CT molecular complexity index is 676. The van der Waals surface area contributed by atoms with Gasteiger partial charge < -0.3 is 14.8 Å². The first-order valence-electron chi connectivity index (χ1n) is 9.58. The van der Waals surface area contributed by atoms with Crippen LogP contribution in [0.25, 0.3) is 0 Å². The summed E-state index contributed by atoms with van der Waals surface area (Å²) < 4.78 is 34.5. The Hall–Kier alpha value is -1.58. The zero-order valence-corrected chi connectivity index (χ0v) is 16.9. The molecule has 6 nitrogen and oxygen atoms in total. The van der Waals surface area contributed by atoms with Crippen LogP contribution in [0.2, 0.25) is 0 Å². The number of alkyl halides is 2. The molecule has 0 radical (unpaired) electrons. The summed E-state index contributed by atoms with van der Waals surface area (Å²) in [6, 6.07) is 5.15. The van der Waals surface area contributed by atoms with E-state index in [4.69, 9.17) is 9.57 Å². The predicted octanol–water partition coefficient (Wildman–Crippen LogP) is 3.56. The number of methoxy groups -OCH3 is 1. The third kappa shape index (κ3) is 5.48. The highest BCUT2D eigenvalue weighted by atomic mass is 32.2. The molecular weight excluding hydrogens is 388 g/mol. The van der Waals surface area contributed by atoms with Crippen LogP contribution in [0.15, 0.2) is 23.2 Å². The van der Waals surface area contributed by atoms with Gasteiger partial charge in [0.05, 0.1) is 7.11 Å². The average molecular weight is 416 g/mol. The van der Waals surface area contributed by atoms with E-state index in [-0.39, 0.29) is 17.7 Å². The number of amidine groups is 1. The number of benzene rings is 1. The first-order valence-corrected chi connectivity index (χ1v) is 10.6. The van der Waals surface area contributed by atoms with Gasteiger partial charge in [-0.1, -0.05) is 19.8 Å². The van der Waals surface area contributed by atoms with Gasteiger partial charge in [-0.25, -0.2) is 15.3 Å². The molecule has 0 bridgehead atoms. The standard InChI is InChI=1S/C19H27F2N3O3S/c1-3-28-16-7-5-4-6-13(16)22-11-17-23-18(24-27-17)12-8-9-14(26-19(20)21)15(10-12)25-2/h8-10,13,16-17,19,22H,3-7,11H2,1-2H3,(H,23,24). The number of hydrogen-bond donors (Lipinski definition) is 2. The van der Waals surface area contributed by atoms with Crippen LogP contribution in [-0.2, 0) is 4.84 Å². The summed E-state index contributed by atoms with van der Waals surface area (Å²) >= 11 is 2.02. The Labute approximate surface area is 168 Å². The number of nitrogens with one attached hydrogen (secondary N) is 2. The molecule has 3 atom stereocenters. The van der Waals surface area contributed by atoms with Crippen molar-refractivity contribution in [2.24, 2.45) is 4.99 Å². The van der Waals surface area contributed by atoms with Crippen LogP contribution in [0.3, 0.4) is 0 Å². The molecule has 1 aliphatic heterocycles. The van der Waals surface area contributed by atoms with Crippen molar-refractivity contribution in [2.45, 2.75) is 56.7 Å². The minimum absolute atomic E-state index is 0.0178. The van der Waals surface area contributed by atoms with Crippen molar-refractivity contribution in [1.82, 2.24) is 10.8 Å². The van der Waals surface area contributed by atoms with E-state index in [0.29, 0.717) is 29.2 Å². The van der Waals surface area contributed by atoms with Crippen molar-refractivity contribution < 1.29 is 23.1 Å². The molecule has 0 spiro atoms. The van der Waals surface area contributed by atoms with E-state index in [2.05, 4.69) is 27.4 Å². The number of rotatable bonds is 9. The molecule has 0 saturated heterocycles. The molecule has 9 heteroatoms. The summed E-state index contributed by atoms with van der Waals surface area (Å²) in [6.07, 6.45) is 4.64. The molecule has 2 N–H and O–H groups in total. The second kappa shape index (κ2) is 10.3. The monoisotopic (exact) mass is 415 g/mol. The van der Waals surface area contributed by atoms with E-state index in [9.17, 15) is 8.78 Å². The Morgan fingerprint density at radius 2 is 2.14 bits per heavy atom. The molecule has 1 aromatic carbocycles. The van der Waals surface area contributed by atoms with Gasteiger partial charge in [-0.2, -0.15) is 20.5 Å². The zero-order chi connectivity index (χ0) is 19.9. The van der Waals surface area contributed by atoms with Crippen LogP contribution < -0.4 is 20.3 Å². The van der Waals surface area contributed by atoms with Crippen LogP contribution >= 0.6 is 11.8 Å². The smallest absolute Gasteiger partial charge is 0.387 e. The molecular formula is C19H27F2N3O3S. The number of hydroxylamine groups is 1. The third-order valence-electron chi connectivity index (χ3n) is 4.86. The highest BCUT2D eigenvalue weighted by molar-refractivity contribution is 7.99. The van der Waals surface area contributed by atoms with Crippen LogP contribution in [0, 0.1) is 0 Å². The molecule has 28 heavy (non-hydrogen) atoms. The lowest BCUT2D eigenvalue weighted by atomic mass is 9.95. The molecule has 1 saturated carbocycles. The van der Waals surface area contributed by atoms with Crippen molar-refractivity contribution in [3.8, 4) is 11.5 Å². The lowest BCUT2D eigenvalue weighted by Crippen LogP contribution is -2.43. The molecule has 3 rings (SSSR count). The second-order valence-electron chi connectivity index (χ2n) is 6.69. The fraction of sp³-hybridized carbons (Fsp3) is 0.632. The van der Waals surface area contributed by atoms with E-state index >= 15 is 0 Å². The van der Waals surface area contributed by atoms with Crippen LogP contribution in [-0.4, -0.2) is 49.4 Å². The number of nitrogens with zero attached hydrogens (tertiary/aromatic N) is 1. The molecule has 156 valence electrons. The van der Waals surface area contributed by atoms with Crippen molar-refractivity contribution >= 4 is 17.6 Å². The van der Waals surface area contributed by atoms with Gasteiger partial charge >= 0.3 is 6.61 Å². The maximum atomic E-state index is 12.5. The maximum absolute atomic E-state index is 12.5. The van der Waals surface area contributed by atoms with Gasteiger partial charge in [0, 0.05) is 23.4 Å². The van der Waals surface area contributed by atoms with Crippen molar-refractivity contribution in [3.63, 3.8) is 0 Å². The maximum Gasteiger partial charge on any atom is 0.387 e. The Kier molecular flexibility index (Phi) is 7.75. The van der Waals surface area contributed by atoms with Crippen molar-refractivity contribution in [3.05, 3.63) is 23.8 Å². The number of halogens is 2. The lowest BCUT2D eigenvalue weighted by molar-refractivity contribution is -0.0512. The van der Waals surface area contributed by atoms with Gasteiger partial charge in [0.15, 0.2) is 23.6 Å². The minimum Gasteiger partial charge on any atom is -0.493 e. The molecule has 1 aromatic rings. The predicted molar refractivity (Wildman–Crippen MR) is 106 cm³/mol. The van der Waals surface area contributed by atoms with E-state index in [1.807, 2.05) is 11.8 Å². The molecule has 0 aromatic heterocycles. The van der Waals surface area contributed by atoms with Gasteiger partial charge in [-0.15, -0.1) is 0 Å². The van der Waals surface area contributed by atoms with Gasteiger partial charge in [-0.3, -0.25) is 0 Å². The van der Waals surface area contributed by atoms with E-state index in [1.165, 1.54) is 38.9 Å². The Morgan fingerprint density at radius 3 is 2.89 bits per heavy atom. The fourth-order valence-corrected chi connectivity index (χ4v) is 4.77. The van der Waals surface area contributed by atoms with Gasteiger partial charge in [0.1, 0.15) is 0 Å². The fourth-order valence-electron chi connectivity index (χ4n) is 3.55. The largest absolute Gasteiger partial charge is 0.493 e. The summed E-state index contributed by atoms with van der Waals surface area (Å²) in [4.78, 5) is 10.1. The lowest BCUT2D eigenvalue weighted by Gasteiger charge is -2.32. The first kappa shape index (κ1) is 21.1. The van der Waals surface area contributed by atoms with Gasteiger partial charge in [0.25, 0.3) is 0 Å². The quantitative estimate of drug-likeness (QED) is 0.643. The molecule has 1 heterocycles. The van der Waals surface area contributed by atoms with Crippen molar-refractivity contribution in [1.29, 1.82) is 0 Å². The summed E-state index contributed by atoms with van der Waals surface area (Å²) in [5.41, 5.74) is 3.50.